The van der Waals surface area contributed by atoms with Crippen LogP contribution in [-0.4, -0.2) is 23.8 Å². The average Bonchev–Trinajstić information content (AvgIpc) is 2.54. The van der Waals surface area contributed by atoms with Crippen LogP contribution in [0.1, 0.15) is 35.8 Å². The number of ketones is 1. The molecule has 0 saturated carbocycles. The van der Waals surface area contributed by atoms with Crippen molar-refractivity contribution in [2.45, 2.75) is 19.9 Å². The van der Waals surface area contributed by atoms with E-state index in [1.807, 2.05) is 24.3 Å². The second-order valence-corrected chi connectivity index (χ2v) is 5.92. The van der Waals surface area contributed by atoms with E-state index in [-0.39, 0.29) is 11.8 Å². The van der Waals surface area contributed by atoms with E-state index in [9.17, 15) is 4.79 Å². The monoisotopic (exact) mass is 335 g/mol. The Balaban J connectivity index is 2.41. The van der Waals surface area contributed by atoms with Crippen molar-refractivity contribution in [2.24, 2.45) is 0 Å². The lowest BCUT2D eigenvalue weighted by atomic mass is 9.96. The summed E-state index contributed by atoms with van der Waals surface area (Å²) in [4.78, 5) is 15.1. The summed E-state index contributed by atoms with van der Waals surface area (Å²) < 4.78 is 0. The molecule has 0 aromatic heterocycles. The van der Waals surface area contributed by atoms with E-state index in [1.165, 1.54) is 0 Å². The second-order valence-electron chi connectivity index (χ2n) is 5.05. The third-order valence-electron chi connectivity index (χ3n) is 3.74. The molecule has 0 aliphatic rings. The summed E-state index contributed by atoms with van der Waals surface area (Å²) in [7, 11) is 0. The number of carbonyl (C=O) groups is 1. The Morgan fingerprint density at radius 1 is 0.909 bits per heavy atom. The van der Waals surface area contributed by atoms with Gasteiger partial charge in [0.1, 0.15) is 0 Å². The topological polar surface area (TPSA) is 20.3 Å². The zero-order valence-corrected chi connectivity index (χ0v) is 14.2. The van der Waals surface area contributed by atoms with E-state index in [2.05, 4.69) is 18.7 Å². The van der Waals surface area contributed by atoms with Gasteiger partial charge >= 0.3 is 0 Å². The van der Waals surface area contributed by atoms with Crippen LogP contribution < -0.4 is 0 Å². The van der Waals surface area contributed by atoms with Crippen molar-refractivity contribution in [1.29, 1.82) is 0 Å². The van der Waals surface area contributed by atoms with Gasteiger partial charge in [-0.25, -0.2) is 0 Å². The molecule has 0 aliphatic carbocycles. The number of benzene rings is 2. The minimum absolute atomic E-state index is 0.0719. The van der Waals surface area contributed by atoms with Crippen LogP contribution in [0, 0.1) is 0 Å². The molecule has 0 radical (unpaired) electrons. The number of hydrogen-bond donors (Lipinski definition) is 0. The van der Waals surface area contributed by atoms with Gasteiger partial charge in [-0.05, 0) is 55.1 Å². The predicted molar refractivity (Wildman–Crippen MR) is 92.9 cm³/mol. The Labute approximate surface area is 141 Å². The highest BCUT2D eigenvalue weighted by Crippen LogP contribution is 2.27. The first-order chi connectivity index (χ1) is 10.6. The van der Waals surface area contributed by atoms with Gasteiger partial charge in [0, 0.05) is 15.6 Å². The maximum atomic E-state index is 13.0. The van der Waals surface area contributed by atoms with Crippen LogP contribution in [0.3, 0.4) is 0 Å². The molecule has 0 saturated heterocycles. The Kier molecular flexibility index (Phi) is 6.01. The smallest absolute Gasteiger partial charge is 0.184 e. The number of carbonyl (C=O) groups excluding carboxylic acids is 1. The molecule has 0 unspecified atom stereocenters. The van der Waals surface area contributed by atoms with Crippen molar-refractivity contribution in [1.82, 2.24) is 4.90 Å². The first-order valence-corrected chi connectivity index (χ1v) is 8.11. The van der Waals surface area contributed by atoms with Gasteiger partial charge in [-0.15, -0.1) is 0 Å². The van der Waals surface area contributed by atoms with E-state index in [0.717, 1.165) is 18.7 Å². The third kappa shape index (κ3) is 3.89. The van der Waals surface area contributed by atoms with Crippen LogP contribution in [0.5, 0.6) is 0 Å². The Hall–Kier alpha value is -1.35. The predicted octanol–water partition coefficient (Wildman–Crippen LogP) is 5.26. The minimum Gasteiger partial charge on any atom is -0.292 e. The molecule has 2 rings (SSSR count). The minimum atomic E-state index is -0.312. The number of Topliss-reactive ketones (excluding diaryl/α,β-unsaturated/α-hetero) is 1. The SMILES string of the molecule is CCN(CC)[C@H](C(=O)c1ccc(Cl)cc1)c1ccc(Cl)cc1. The van der Waals surface area contributed by atoms with Crippen LogP contribution in [0.15, 0.2) is 48.5 Å². The number of halogens is 2. The van der Waals surface area contributed by atoms with Gasteiger partial charge in [-0.1, -0.05) is 49.2 Å². The lowest BCUT2D eigenvalue weighted by Gasteiger charge is -2.29. The summed E-state index contributed by atoms with van der Waals surface area (Å²) in [6.07, 6.45) is 0. The molecule has 0 amide bonds. The average molecular weight is 336 g/mol. The van der Waals surface area contributed by atoms with Gasteiger partial charge in [-0.2, -0.15) is 0 Å². The lowest BCUT2D eigenvalue weighted by Crippen LogP contribution is -2.34. The maximum absolute atomic E-state index is 13.0. The molecule has 22 heavy (non-hydrogen) atoms. The van der Waals surface area contributed by atoms with Crippen molar-refractivity contribution >= 4 is 29.0 Å². The van der Waals surface area contributed by atoms with Crippen molar-refractivity contribution in [3.8, 4) is 0 Å². The maximum Gasteiger partial charge on any atom is 0.184 e. The Bertz CT molecular complexity index is 619. The van der Waals surface area contributed by atoms with Crippen LogP contribution in [-0.2, 0) is 0 Å². The van der Waals surface area contributed by atoms with Gasteiger partial charge < -0.3 is 0 Å². The first-order valence-electron chi connectivity index (χ1n) is 7.36. The number of hydrogen-bond acceptors (Lipinski definition) is 2. The summed E-state index contributed by atoms with van der Waals surface area (Å²) in [6, 6.07) is 14.2. The fourth-order valence-electron chi connectivity index (χ4n) is 2.53. The van der Waals surface area contributed by atoms with Gasteiger partial charge in [0.15, 0.2) is 5.78 Å². The van der Waals surface area contributed by atoms with E-state index in [0.29, 0.717) is 15.6 Å². The van der Waals surface area contributed by atoms with Gasteiger partial charge in [0.2, 0.25) is 0 Å². The molecule has 0 heterocycles. The molecule has 0 fully saturated rings. The summed E-state index contributed by atoms with van der Waals surface area (Å²) >= 11 is 11.9. The summed E-state index contributed by atoms with van der Waals surface area (Å²) in [6.45, 7) is 5.70. The Morgan fingerprint density at radius 2 is 1.36 bits per heavy atom. The van der Waals surface area contributed by atoms with Crippen molar-refractivity contribution in [3.05, 3.63) is 69.7 Å². The molecule has 4 heteroatoms. The van der Waals surface area contributed by atoms with E-state index in [1.54, 1.807) is 24.3 Å². The highest BCUT2D eigenvalue weighted by atomic mass is 35.5. The van der Waals surface area contributed by atoms with Crippen LogP contribution >= 0.6 is 23.2 Å². The normalized spacial score (nSPS) is 12.4. The van der Waals surface area contributed by atoms with Crippen LogP contribution in [0.4, 0.5) is 0 Å². The fourth-order valence-corrected chi connectivity index (χ4v) is 2.79. The van der Waals surface area contributed by atoms with Crippen molar-refractivity contribution in [2.75, 3.05) is 13.1 Å². The molecule has 2 aromatic rings. The van der Waals surface area contributed by atoms with Crippen molar-refractivity contribution < 1.29 is 4.79 Å². The van der Waals surface area contributed by atoms with Crippen LogP contribution in [0.25, 0.3) is 0 Å². The molecule has 116 valence electrons. The fraction of sp³-hybridized carbons (Fsp3) is 0.278. The second kappa shape index (κ2) is 7.77. The highest BCUT2D eigenvalue weighted by Gasteiger charge is 2.26. The highest BCUT2D eigenvalue weighted by molar-refractivity contribution is 6.31. The standard InChI is InChI=1S/C18H19Cl2NO/c1-3-21(4-2)17(13-5-9-15(19)10-6-13)18(22)14-7-11-16(20)12-8-14/h5-12,17H,3-4H2,1-2H3/t17-/m0/s1. The quantitative estimate of drug-likeness (QED) is 0.671. The number of rotatable bonds is 6. The van der Waals surface area contributed by atoms with Gasteiger partial charge in [0.05, 0.1) is 6.04 Å². The zero-order valence-electron chi connectivity index (χ0n) is 12.7. The van der Waals surface area contributed by atoms with E-state index in [4.69, 9.17) is 23.2 Å². The molecule has 1 atom stereocenters. The molecule has 2 aromatic carbocycles. The summed E-state index contributed by atoms with van der Waals surface area (Å²) in [5.41, 5.74) is 1.62. The number of nitrogens with zero attached hydrogens (tertiary/aromatic N) is 1. The molecule has 0 N–H and O–H groups in total. The van der Waals surface area contributed by atoms with Crippen molar-refractivity contribution in [3.63, 3.8) is 0 Å². The first kappa shape index (κ1) is 17.0. The largest absolute Gasteiger partial charge is 0.292 e. The van der Waals surface area contributed by atoms with E-state index < -0.39 is 0 Å². The van der Waals surface area contributed by atoms with E-state index >= 15 is 0 Å². The zero-order chi connectivity index (χ0) is 16.1. The molecule has 0 spiro atoms. The van der Waals surface area contributed by atoms with Gasteiger partial charge in [-0.3, -0.25) is 9.69 Å². The molecule has 2 nitrogen and oxygen atoms in total. The third-order valence-corrected chi connectivity index (χ3v) is 4.24. The summed E-state index contributed by atoms with van der Waals surface area (Å²) in [5.74, 6) is 0.0719. The molecular formula is C18H19Cl2NO. The molecule has 0 bridgehead atoms. The Morgan fingerprint density at radius 3 is 1.82 bits per heavy atom. The molecular weight excluding hydrogens is 317 g/mol. The van der Waals surface area contributed by atoms with Crippen LogP contribution in [0.2, 0.25) is 10.0 Å². The lowest BCUT2D eigenvalue weighted by molar-refractivity contribution is 0.0831. The van der Waals surface area contributed by atoms with Gasteiger partial charge in [0.25, 0.3) is 0 Å². The molecule has 0 aliphatic heterocycles. The number of likely N-dealkylation sites (N-methyl/N-ethyl adjacent to an activating group) is 1. The summed E-state index contributed by atoms with van der Waals surface area (Å²) in [5, 5.41) is 1.29.